The van der Waals surface area contributed by atoms with Gasteiger partial charge in [0.25, 0.3) is 5.91 Å². The molecule has 0 radical (unpaired) electrons. The van der Waals surface area contributed by atoms with Crippen molar-refractivity contribution in [2.24, 2.45) is 0 Å². The summed E-state index contributed by atoms with van der Waals surface area (Å²) in [5.41, 5.74) is -0.123. The van der Waals surface area contributed by atoms with Crippen LogP contribution < -0.4 is 5.32 Å². The normalized spacial score (nSPS) is 11.6. The molecule has 0 aliphatic heterocycles. The van der Waals surface area contributed by atoms with Gasteiger partial charge in [0.1, 0.15) is 12.4 Å². The van der Waals surface area contributed by atoms with Crippen LogP contribution in [-0.4, -0.2) is 66.0 Å². The van der Waals surface area contributed by atoms with E-state index in [0.717, 1.165) is 12.1 Å². The summed E-state index contributed by atoms with van der Waals surface area (Å²) >= 11 is 12.3. The van der Waals surface area contributed by atoms with E-state index in [1.807, 2.05) is 25.9 Å². The number of phenolic OH excluding ortho intramolecular Hbond substituents is 1. The van der Waals surface area contributed by atoms with Crippen LogP contribution >= 0.6 is 23.2 Å². The first kappa shape index (κ1) is 28.6. The molecule has 198 valence electrons. The second kappa shape index (κ2) is 12.1. The fourth-order valence-corrected chi connectivity index (χ4v) is 3.91. The van der Waals surface area contributed by atoms with Gasteiger partial charge in [-0.15, -0.1) is 0 Å². The molecule has 3 N–H and O–H groups in total. The van der Waals surface area contributed by atoms with Crippen molar-refractivity contribution in [2.45, 2.75) is 13.0 Å². The molecule has 0 heterocycles. The number of hydrogen-bond acceptors (Lipinski definition) is 7. The molecule has 0 saturated heterocycles. The number of aromatic hydroxyl groups is 1. The highest BCUT2D eigenvalue weighted by molar-refractivity contribution is 6.36. The first-order valence-corrected chi connectivity index (χ1v) is 12.0. The molecule has 11 heteroatoms. The summed E-state index contributed by atoms with van der Waals surface area (Å²) in [4.78, 5) is 50.9. The summed E-state index contributed by atoms with van der Waals surface area (Å²) < 4.78 is 5.43. The largest absolute Gasteiger partial charge is 0.507 e. The summed E-state index contributed by atoms with van der Waals surface area (Å²) in [5.74, 6) is -3.73. The zero-order chi connectivity index (χ0) is 28.1. The maximum absolute atomic E-state index is 13.2. The number of halogens is 2. The minimum atomic E-state index is -1.49. The Morgan fingerprint density at radius 2 is 1.74 bits per heavy atom. The van der Waals surface area contributed by atoms with Crippen LogP contribution in [0.3, 0.4) is 0 Å². The molecule has 1 amide bonds. The van der Waals surface area contributed by atoms with E-state index in [-0.39, 0.29) is 35.7 Å². The molecule has 38 heavy (non-hydrogen) atoms. The lowest BCUT2D eigenvalue weighted by Crippen LogP contribution is -2.30. The number of ether oxygens (including phenoxy) is 1. The number of aromatic carboxylic acids is 1. The van der Waals surface area contributed by atoms with Crippen LogP contribution in [0.25, 0.3) is 11.1 Å². The van der Waals surface area contributed by atoms with E-state index < -0.39 is 34.7 Å². The second-order valence-corrected chi connectivity index (χ2v) is 9.47. The number of carboxylic acids is 1. The van der Waals surface area contributed by atoms with E-state index in [4.69, 9.17) is 27.9 Å². The first-order valence-electron chi connectivity index (χ1n) is 11.2. The number of benzene rings is 3. The molecule has 1 atom stereocenters. The number of esters is 1. The Hall–Kier alpha value is -3.92. The SMILES string of the molecule is CC(COC(=O)c1ccc(-c2ccc(Cl)cc2Cl)cc1NC(=O)c1cc(O)c(C=O)cc1C(=O)O)N(C)C. The number of rotatable bonds is 9. The van der Waals surface area contributed by atoms with E-state index in [9.17, 15) is 29.4 Å². The van der Waals surface area contributed by atoms with Crippen LogP contribution in [0.15, 0.2) is 48.5 Å². The van der Waals surface area contributed by atoms with E-state index in [2.05, 4.69) is 5.32 Å². The molecule has 3 aromatic rings. The third kappa shape index (κ3) is 6.49. The Bertz CT molecular complexity index is 1420. The van der Waals surface area contributed by atoms with Gasteiger partial charge in [0, 0.05) is 21.7 Å². The molecule has 0 bridgehead atoms. The van der Waals surface area contributed by atoms with Crippen molar-refractivity contribution in [3.05, 3.63) is 80.8 Å². The average Bonchev–Trinajstić information content (AvgIpc) is 2.86. The smallest absolute Gasteiger partial charge is 0.340 e. The molecule has 9 nitrogen and oxygen atoms in total. The number of carboxylic acid groups (broad SMARTS) is 1. The number of hydrogen-bond donors (Lipinski definition) is 3. The van der Waals surface area contributed by atoms with Crippen molar-refractivity contribution >= 4 is 53.0 Å². The number of anilines is 1. The number of amides is 1. The van der Waals surface area contributed by atoms with Crippen molar-refractivity contribution in [3.8, 4) is 16.9 Å². The summed E-state index contributed by atoms with van der Waals surface area (Å²) in [7, 11) is 3.67. The minimum absolute atomic E-state index is 0.00347. The Balaban J connectivity index is 2.07. The van der Waals surface area contributed by atoms with Crippen molar-refractivity contribution in [1.82, 2.24) is 4.90 Å². The maximum Gasteiger partial charge on any atom is 0.340 e. The molecule has 0 aliphatic rings. The molecule has 0 saturated carbocycles. The number of carbonyl (C=O) groups excluding carboxylic acids is 3. The molecule has 1 unspecified atom stereocenters. The van der Waals surface area contributed by atoms with Gasteiger partial charge in [0.05, 0.1) is 27.9 Å². The van der Waals surface area contributed by atoms with Crippen LogP contribution in [0, 0.1) is 0 Å². The highest BCUT2D eigenvalue weighted by Gasteiger charge is 2.23. The number of likely N-dealkylation sites (N-methyl/N-ethyl adjacent to an activating group) is 1. The second-order valence-electron chi connectivity index (χ2n) is 8.63. The van der Waals surface area contributed by atoms with Gasteiger partial charge in [-0.2, -0.15) is 0 Å². The molecule has 0 fully saturated rings. The number of phenols is 1. The molecule has 3 aromatic carbocycles. The quantitative estimate of drug-likeness (QED) is 0.240. The average molecular weight is 559 g/mol. The molecule has 0 aromatic heterocycles. The third-order valence-corrected chi connectivity index (χ3v) is 6.38. The minimum Gasteiger partial charge on any atom is -0.507 e. The summed E-state index contributed by atoms with van der Waals surface area (Å²) in [6.45, 7) is 1.94. The molecular weight excluding hydrogens is 535 g/mol. The van der Waals surface area contributed by atoms with Gasteiger partial charge in [0.2, 0.25) is 0 Å². The Morgan fingerprint density at radius 1 is 1.03 bits per heavy atom. The van der Waals surface area contributed by atoms with Gasteiger partial charge in [-0.1, -0.05) is 35.3 Å². The van der Waals surface area contributed by atoms with Crippen molar-refractivity contribution < 1.29 is 34.1 Å². The lowest BCUT2D eigenvalue weighted by molar-refractivity contribution is 0.0417. The maximum atomic E-state index is 13.2. The fraction of sp³-hybridized carbons (Fsp3) is 0.185. The van der Waals surface area contributed by atoms with Crippen LogP contribution in [0.4, 0.5) is 5.69 Å². The number of nitrogens with one attached hydrogen (secondary N) is 1. The van der Waals surface area contributed by atoms with Gasteiger partial charge in [0.15, 0.2) is 6.29 Å². The van der Waals surface area contributed by atoms with Crippen molar-refractivity contribution in [1.29, 1.82) is 0 Å². The zero-order valence-electron chi connectivity index (χ0n) is 20.6. The van der Waals surface area contributed by atoms with E-state index in [1.165, 1.54) is 18.2 Å². The van der Waals surface area contributed by atoms with E-state index in [0.29, 0.717) is 21.2 Å². The van der Waals surface area contributed by atoms with E-state index >= 15 is 0 Å². The Labute approximate surface area is 228 Å². The highest BCUT2D eigenvalue weighted by atomic mass is 35.5. The standard InChI is InChI=1S/C27H24Cl2N2O7/c1-14(31(2)3)13-38-27(37)19-6-4-15(18-7-5-17(28)10-22(18)29)9-23(19)30-25(34)20-11-24(33)16(12-32)8-21(20)26(35)36/h4-12,14,33H,13H2,1-3H3,(H,30,34)(H,35,36). The van der Waals surface area contributed by atoms with E-state index in [1.54, 1.807) is 18.2 Å². The highest BCUT2D eigenvalue weighted by Crippen LogP contribution is 2.33. The van der Waals surface area contributed by atoms with Crippen molar-refractivity contribution in [2.75, 3.05) is 26.0 Å². The molecule has 0 spiro atoms. The third-order valence-electron chi connectivity index (χ3n) is 5.84. The summed E-state index contributed by atoms with van der Waals surface area (Å²) in [6.07, 6.45) is 0.269. The lowest BCUT2D eigenvalue weighted by atomic mass is 10.0. The monoisotopic (exact) mass is 558 g/mol. The van der Waals surface area contributed by atoms with Crippen LogP contribution in [0.1, 0.15) is 48.4 Å². The summed E-state index contributed by atoms with van der Waals surface area (Å²) in [6, 6.07) is 11.1. The number of nitrogens with zero attached hydrogens (tertiary/aromatic N) is 1. The van der Waals surface area contributed by atoms with Crippen LogP contribution in [-0.2, 0) is 4.74 Å². The van der Waals surface area contributed by atoms with Crippen LogP contribution in [0.2, 0.25) is 10.0 Å². The Morgan fingerprint density at radius 3 is 2.34 bits per heavy atom. The van der Waals surface area contributed by atoms with Gasteiger partial charge in [-0.05, 0) is 63.0 Å². The number of aldehydes is 1. The topological polar surface area (TPSA) is 133 Å². The zero-order valence-corrected chi connectivity index (χ0v) is 22.1. The molecule has 3 rings (SSSR count). The molecular formula is C27H24Cl2N2O7. The van der Waals surface area contributed by atoms with Crippen LogP contribution in [0.5, 0.6) is 5.75 Å². The molecule has 0 aliphatic carbocycles. The van der Waals surface area contributed by atoms with Gasteiger partial charge >= 0.3 is 11.9 Å². The fourth-order valence-electron chi connectivity index (χ4n) is 3.39. The van der Waals surface area contributed by atoms with Gasteiger partial charge < -0.3 is 25.2 Å². The van der Waals surface area contributed by atoms with Gasteiger partial charge in [-0.3, -0.25) is 9.59 Å². The van der Waals surface area contributed by atoms with Gasteiger partial charge in [-0.25, -0.2) is 9.59 Å². The predicted molar refractivity (Wildman–Crippen MR) is 144 cm³/mol. The first-order chi connectivity index (χ1) is 17.9. The predicted octanol–water partition coefficient (Wildman–Crippen LogP) is 5.24. The lowest BCUT2D eigenvalue weighted by Gasteiger charge is -2.20. The number of carbonyl (C=O) groups is 4. The van der Waals surface area contributed by atoms with Crippen molar-refractivity contribution in [3.63, 3.8) is 0 Å². The summed E-state index contributed by atoms with van der Waals surface area (Å²) in [5, 5.41) is 22.9. The Kier molecular flexibility index (Phi) is 9.11.